The number of hydrogen-bond donors (Lipinski definition) is 1. The Hall–Kier alpha value is -1.96. The molecule has 2 aliphatic heterocycles. The van der Waals surface area contributed by atoms with Crippen LogP contribution in [0.25, 0.3) is 0 Å². The molecular formula is C12H10O7. The molecule has 0 amide bonds. The van der Waals surface area contributed by atoms with Crippen molar-refractivity contribution in [2.45, 2.75) is 12.3 Å². The molecule has 0 spiro atoms. The smallest absolute Gasteiger partial charge is 0.393 e. The number of carbonyl (C=O) groups is 2. The lowest BCUT2D eigenvalue weighted by atomic mass is 10.1. The second-order valence-corrected chi connectivity index (χ2v) is 4.02. The van der Waals surface area contributed by atoms with Crippen LogP contribution < -0.4 is 0 Å². The topological polar surface area (TPSA) is 91.3 Å². The van der Waals surface area contributed by atoms with Crippen molar-refractivity contribution in [3.05, 3.63) is 35.4 Å². The molecule has 0 aromatic heterocycles. The maximum atomic E-state index is 11.9. The van der Waals surface area contributed by atoms with E-state index in [1.54, 1.807) is 12.1 Å². The van der Waals surface area contributed by atoms with Crippen molar-refractivity contribution in [2.75, 3.05) is 13.2 Å². The van der Waals surface area contributed by atoms with Gasteiger partial charge in [-0.1, -0.05) is 12.1 Å². The minimum Gasteiger partial charge on any atom is -0.422 e. The van der Waals surface area contributed by atoms with E-state index in [9.17, 15) is 14.7 Å². The van der Waals surface area contributed by atoms with E-state index in [-0.39, 0.29) is 24.3 Å². The highest BCUT2D eigenvalue weighted by molar-refractivity contribution is 6.03. The van der Waals surface area contributed by atoms with E-state index in [1.165, 1.54) is 12.1 Å². The minimum absolute atomic E-state index is 0.00597. The average molecular weight is 266 g/mol. The Labute approximate surface area is 107 Å². The molecule has 0 saturated carbocycles. The molecule has 7 heteroatoms. The van der Waals surface area contributed by atoms with Gasteiger partial charge in [-0.15, -0.1) is 0 Å². The first-order valence-corrected chi connectivity index (χ1v) is 5.61. The molecule has 1 aromatic rings. The van der Waals surface area contributed by atoms with Crippen LogP contribution >= 0.6 is 0 Å². The fraction of sp³-hybridized carbons (Fsp3) is 0.333. The molecule has 2 heterocycles. The van der Waals surface area contributed by atoms with Gasteiger partial charge in [-0.2, -0.15) is 0 Å². The summed E-state index contributed by atoms with van der Waals surface area (Å²) in [6.45, 7) is 0.124. The summed E-state index contributed by atoms with van der Waals surface area (Å²) in [6.07, 6.45) is -1.51. The summed E-state index contributed by atoms with van der Waals surface area (Å²) < 4.78 is 19.8. The van der Waals surface area contributed by atoms with Crippen LogP contribution in [0.1, 0.15) is 20.7 Å². The van der Waals surface area contributed by atoms with Gasteiger partial charge >= 0.3 is 17.9 Å². The number of carbonyl (C=O) groups excluding carboxylic acids is 2. The summed E-state index contributed by atoms with van der Waals surface area (Å²) in [5.74, 6) is -4.09. The van der Waals surface area contributed by atoms with Gasteiger partial charge < -0.3 is 24.1 Å². The number of rotatable bonds is 0. The molecule has 0 radical (unpaired) electrons. The van der Waals surface area contributed by atoms with Crippen LogP contribution in [0.2, 0.25) is 0 Å². The third-order valence-electron chi connectivity index (χ3n) is 2.78. The lowest BCUT2D eigenvalue weighted by molar-refractivity contribution is -0.439. The molecular weight excluding hydrogens is 256 g/mol. The SMILES string of the molecule is O=C1OC2OCCOC2(O)OC(=O)c2ccccc21. The standard InChI is InChI=1S/C12H10O7/c13-9-7-3-1-2-4-8(7)10(14)19-12(15)11(18-9)16-5-6-17-12/h1-4,11,15H,5-6H2. The summed E-state index contributed by atoms with van der Waals surface area (Å²) >= 11 is 0. The first kappa shape index (κ1) is 12.1. The molecule has 100 valence electrons. The number of hydrogen-bond acceptors (Lipinski definition) is 7. The zero-order valence-electron chi connectivity index (χ0n) is 9.70. The third kappa shape index (κ3) is 1.97. The monoisotopic (exact) mass is 266 g/mol. The maximum absolute atomic E-state index is 11.9. The first-order chi connectivity index (χ1) is 9.10. The van der Waals surface area contributed by atoms with Gasteiger partial charge in [-0.3, -0.25) is 0 Å². The van der Waals surface area contributed by atoms with Crippen LogP contribution in [0.4, 0.5) is 0 Å². The van der Waals surface area contributed by atoms with Gasteiger partial charge in [0.1, 0.15) is 0 Å². The Balaban J connectivity index is 2.05. The number of esters is 2. The normalized spacial score (nSPS) is 30.3. The van der Waals surface area contributed by atoms with Gasteiger partial charge in [0.25, 0.3) is 6.29 Å². The second-order valence-electron chi connectivity index (χ2n) is 4.02. The second kappa shape index (κ2) is 4.30. The highest BCUT2D eigenvalue weighted by Gasteiger charge is 2.51. The van der Waals surface area contributed by atoms with Crippen molar-refractivity contribution in [2.24, 2.45) is 0 Å². The van der Waals surface area contributed by atoms with Crippen LogP contribution in [0.15, 0.2) is 24.3 Å². The molecule has 0 bridgehead atoms. The number of benzene rings is 1. The Bertz CT molecular complexity index is 541. The van der Waals surface area contributed by atoms with Crippen LogP contribution in [0.3, 0.4) is 0 Å². The first-order valence-electron chi connectivity index (χ1n) is 5.61. The fourth-order valence-corrected chi connectivity index (χ4v) is 1.89. The quantitative estimate of drug-likeness (QED) is 0.662. The highest BCUT2D eigenvalue weighted by atomic mass is 16.9. The molecule has 1 aromatic carbocycles. The Morgan fingerprint density at radius 1 is 1.11 bits per heavy atom. The lowest BCUT2D eigenvalue weighted by Gasteiger charge is -2.37. The van der Waals surface area contributed by atoms with E-state index in [0.29, 0.717) is 0 Å². The van der Waals surface area contributed by atoms with Gasteiger partial charge in [-0.05, 0) is 12.1 Å². The van der Waals surface area contributed by atoms with Crippen molar-refractivity contribution in [1.29, 1.82) is 0 Å². The van der Waals surface area contributed by atoms with E-state index >= 15 is 0 Å². The molecule has 0 aliphatic carbocycles. The summed E-state index contributed by atoms with van der Waals surface area (Å²) in [5.41, 5.74) is 0.0391. The van der Waals surface area contributed by atoms with E-state index in [4.69, 9.17) is 18.9 Å². The number of fused-ring (bicyclic) bond motifs is 2. The number of aliphatic hydroxyl groups is 1. The molecule has 1 saturated heterocycles. The van der Waals surface area contributed by atoms with Gasteiger partial charge in [0.2, 0.25) is 0 Å². The molecule has 3 rings (SSSR count). The fourth-order valence-electron chi connectivity index (χ4n) is 1.89. The summed E-state index contributed by atoms with van der Waals surface area (Å²) in [7, 11) is 0. The zero-order chi connectivity index (χ0) is 13.5. The summed E-state index contributed by atoms with van der Waals surface area (Å²) in [5, 5.41) is 10.0. The van der Waals surface area contributed by atoms with Gasteiger partial charge in [-0.25, -0.2) is 9.59 Å². The lowest BCUT2D eigenvalue weighted by Crippen LogP contribution is -2.56. The molecule has 2 unspecified atom stereocenters. The van der Waals surface area contributed by atoms with Crippen LogP contribution in [0.5, 0.6) is 0 Å². The Morgan fingerprint density at radius 3 is 2.53 bits per heavy atom. The van der Waals surface area contributed by atoms with Crippen molar-refractivity contribution in [1.82, 2.24) is 0 Å². The molecule has 2 aliphatic rings. The van der Waals surface area contributed by atoms with Crippen molar-refractivity contribution < 1.29 is 33.6 Å². The van der Waals surface area contributed by atoms with Crippen LogP contribution in [0, 0.1) is 0 Å². The predicted octanol–water partition coefficient (Wildman–Crippen LogP) is 0.0328. The molecule has 7 nitrogen and oxygen atoms in total. The van der Waals surface area contributed by atoms with Crippen molar-refractivity contribution in [3.8, 4) is 0 Å². The van der Waals surface area contributed by atoms with E-state index in [1.807, 2.05) is 0 Å². The van der Waals surface area contributed by atoms with E-state index in [2.05, 4.69) is 0 Å². The van der Waals surface area contributed by atoms with Gasteiger partial charge in [0, 0.05) is 0 Å². The van der Waals surface area contributed by atoms with E-state index < -0.39 is 24.2 Å². The highest BCUT2D eigenvalue weighted by Crippen LogP contribution is 2.28. The minimum atomic E-state index is -2.42. The van der Waals surface area contributed by atoms with E-state index in [0.717, 1.165) is 0 Å². The maximum Gasteiger partial charge on any atom is 0.393 e. The summed E-state index contributed by atoms with van der Waals surface area (Å²) in [6, 6.07) is 5.97. The number of ether oxygens (including phenoxy) is 4. The van der Waals surface area contributed by atoms with Crippen molar-refractivity contribution in [3.63, 3.8) is 0 Å². The third-order valence-corrected chi connectivity index (χ3v) is 2.78. The van der Waals surface area contributed by atoms with Crippen LogP contribution in [-0.2, 0) is 18.9 Å². The van der Waals surface area contributed by atoms with Gasteiger partial charge in [0.05, 0.1) is 24.3 Å². The van der Waals surface area contributed by atoms with Gasteiger partial charge in [0.15, 0.2) is 0 Å². The molecule has 2 atom stereocenters. The average Bonchev–Trinajstić information content (AvgIpc) is 2.40. The Morgan fingerprint density at radius 2 is 1.79 bits per heavy atom. The molecule has 19 heavy (non-hydrogen) atoms. The summed E-state index contributed by atoms with van der Waals surface area (Å²) in [4.78, 5) is 23.9. The molecule has 1 fully saturated rings. The predicted molar refractivity (Wildman–Crippen MR) is 57.9 cm³/mol. The molecule has 1 N–H and O–H groups in total. The zero-order valence-corrected chi connectivity index (χ0v) is 9.70. The van der Waals surface area contributed by atoms with Crippen LogP contribution in [-0.4, -0.2) is 42.5 Å². The Kier molecular flexibility index (Phi) is 2.74. The van der Waals surface area contributed by atoms with Crippen molar-refractivity contribution >= 4 is 11.9 Å². The largest absolute Gasteiger partial charge is 0.422 e.